The molecule has 2 aromatic rings. The second-order valence-corrected chi connectivity index (χ2v) is 6.92. The van der Waals surface area contributed by atoms with E-state index in [9.17, 15) is 13.2 Å². The van der Waals surface area contributed by atoms with Crippen LogP contribution in [0.25, 0.3) is 0 Å². The van der Waals surface area contributed by atoms with Crippen LogP contribution in [0.3, 0.4) is 0 Å². The van der Waals surface area contributed by atoms with Crippen molar-refractivity contribution in [2.45, 2.75) is 24.3 Å². The lowest BCUT2D eigenvalue weighted by Gasteiger charge is -2.12. The Morgan fingerprint density at radius 2 is 2.18 bits per heavy atom. The number of nitrogens with one attached hydrogen (secondary N) is 2. The molecule has 120 valence electrons. The zero-order valence-electron chi connectivity index (χ0n) is 12.7. The van der Waals surface area contributed by atoms with Gasteiger partial charge in [-0.3, -0.25) is 4.79 Å². The van der Waals surface area contributed by atoms with Gasteiger partial charge in [0.05, 0.1) is 6.26 Å². The summed E-state index contributed by atoms with van der Waals surface area (Å²) in [5, 5.41) is 2.82. The molecule has 0 radical (unpaired) electrons. The molecular formula is C14H19N3O4S. The van der Waals surface area contributed by atoms with Gasteiger partial charge in [0.15, 0.2) is 0 Å². The summed E-state index contributed by atoms with van der Waals surface area (Å²) in [6.07, 6.45) is 3.54. The van der Waals surface area contributed by atoms with Crippen molar-refractivity contribution in [3.8, 4) is 0 Å². The first-order valence-electron chi connectivity index (χ1n) is 6.76. The molecule has 2 N–H and O–H groups in total. The minimum Gasteiger partial charge on any atom is -0.469 e. The van der Waals surface area contributed by atoms with Crippen LogP contribution < -0.4 is 10.0 Å². The van der Waals surface area contributed by atoms with Gasteiger partial charge in [-0.05, 0) is 32.2 Å². The second kappa shape index (κ2) is 6.37. The number of carbonyl (C=O) groups is 1. The quantitative estimate of drug-likeness (QED) is 0.825. The maximum Gasteiger partial charge on any atom is 0.268 e. The third kappa shape index (κ3) is 3.58. The van der Waals surface area contributed by atoms with Crippen molar-refractivity contribution in [1.82, 2.24) is 14.6 Å². The monoisotopic (exact) mass is 325 g/mol. The lowest BCUT2D eigenvalue weighted by molar-refractivity contribution is 0.0931. The summed E-state index contributed by atoms with van der Waals surface area (Å²) in [5.41, 5.74) is 0.278. The smallest absolute Gasteiger partial charge is 0.268 e. The average molecular weight is 325 g/mol. The fourth-order valence-corrected chi connectivity index (χ4v) is 2.90. The molecule has 1 atom stereocenters. The number of aryl methyl sites for hydroxylation is 1. The highest BCUT2D eigenvalue weighted by atomic mass is 32.2. The fraction of sp³-hybridized carbons (Fsp3) is 0.357. The first-order valence-corrected chi connectivity index (χ1v) is 8.25. The van der Waals surface area contributed by atoms with Gasteiger partial charge in [0.2, 0.25) is 10.0 Å². The molecule has 7 nitrogen and oxygen atoms in total. The van der Waals surface area contributed by atoms with E-state index in [1.165, 1.54) is 23.9 Å². The van der Waals surface area contributed by atoms with E-state index >= 15 is 0 Å². The van der Waals surface area contributed by atoms with Gasteiger partial charge in [-0.15, -0.1) is 0 Å². The minimum atomic E-state index is -3.57. The number of aromatic nitrogens is 1. The molecule has 2 heterocycles. The van der Waals surface area contributed by atoms with Crippen molar-refractivity contribution in [1.29, 1.82) is 0 Å². The van der Waals surface area contributed by atoms with Crippen LogP contribution in [-0.4, -0.2) is 32.0 Å². The van der Waals surface area contributed by atoms with Crippen LogP contribution in [0.2, 0.25) is 0 Å². The van der Waals surface area contributed by atoms with Crippen LogP contribution in [0, 0.1) is 0 Å². The van der Waals surface area contributed by atoms with Crippen molar-refractivity contribution < 1.29 is 17.6 Å². The number of sulfonamides is 1. The highest BCUT2D eigenvalue weighted by Gasteiger charge is 2.20. The van der Waals surface area contributed by atoms with Crippen molar-refractivity contribution in [2.75, 3.05) is 7.05 Å². The zero-order chi connectivity index (χ0) is 16.3. The van der Waals surface area contributed by atoms with Crippen LogP contribution in [0.1, 0.15) is 23.2 Å². The third-order valence-electron chi connectivity index (χ3n) is 3.26. The molecule has 1 amide bonds. The fourth-order valence-electron chi connectivity index (χ4n) is 2.10. The van der Waals surface area contributed by atoms with E-state index in [0.29, 0.717) is 6.42 Å². The molecule has 0 spiro atoms. The topological polar surface area (TPSA) is 93.3 Å². The number of rotatable bonds is 6. The molecule has 0 aliphatic heterocycles. The maximum atomic E-state index is 12.3. The van der Waals surface area contributed by atoms with Gasteiger partial charge < -0.3 is 14.3 Å². The predicted octanol–water partition coefficient (Wildman–Crippen LogP) is 0.887. The van der Waals surface area contributed by atoms with Crippen molar-refractivity contribution in [3.05, 3.63) is 42.1 Å². The van der Waals surface area contributed by atoms with Gasteiger partial charge in [0.1, 0.15) is 16.3 Å². The Bertz CT molecular complexity index is 747. The predicted molar refractivity (Wildman–Crippen MR) is 81.0 cm³/mol. The van der Waals surface area contributed by atoms with Crippen LogP contribution in [0.5, 0.6) is 0 Å². The molecule has 0 bridgehead atoms. The molecule has 0 fully saturated rings. The van der Waals surface area contributed by atoms with E-state index in [2.05, 4.69) is 10.0 Å². The normalized spacial score (nSPS) is 13.0. The number of amides is 1. The van der Waals surface area contributed by atoms with E-state index in [1.807, 2.05) is 13.0 Å². The van der Waals surface area contributed by atoms with E-state index in [0.717, 1.165) is 5.76 Å². The van der Waals surface area contributed by atoms with Gasteiger partial charge in [0.25, 0.3) is 5.91 Å². The summed E-state index contributed by atoms with van der Waals surface area (Å²) >= 11 is 0. The highest BCUT2D eigenvalue weighted by molar-refractivity contribution is 7.89. The van der Waals surface area contributed by atoms with Crippen LogP contribution in [-0.2, 0) is 23.5 Å². The second-order valence-electron chi connectivity index (χ2n) is 5.04. The SMILES string of the molecule is CNS(=O)(=O)c1cc(C(=O)NC(C)Cc2ccco2)n(C)c1. The molecule has 2 aromatic heterocycles. The summed E-state index contributed by atoms with van der Waals surface area (Å²) in [7, 11) is -0.616. The Balaban J connectivity index is 2.10. The molecule has 8 heteroatoms. The van der Waals surface area contributed by atoms with Gasteiger partial charge in [0, 0.05) is 25.7 Å². The van der Waals surface area contributed by atoms with Crippen LogP contribution in [0.15, 0.2) is 40.0 Å². The molecule has 0 saturated carbocycles. The summed E-state index contributed by atoms with van der Waals surface area (Å²) in [6.45, 7) is 1.86. The first kappa shape index (κ1) is 16.3. The Morgan fingerprint density at radius 1 is 1.45 bits per heavy atom. The first-order chi connectivity index (χ1) is 10.3. The van der Waals surface area contributed by atoms with E-state index in [-0.39, 0.29) is 22.5 Å². The lowest BCUT2D eigenvalue weighted by Crippen LogP contribution is -2.34. The van der Waals surface area contributed by atoms with Crippen molar-refractivity contribution in [3.63, 3.8) is 0 Å². The minimum absolute atomic E-state index is 0.0568. The number of carbonyl (C=O) groups excluding carboxylic acids is 1. The molecule has 2 rings (SSSR count). The van der Waals surface area contributed by atoms with Crippen molar-refractivity contribution >= 4 is 15.9 Å². The number of hydrogen-bond acceptors (Lipinski definition) is 4. The molecule has 0 saturated heterocycles. The summed E-state index contributed by atoms with van der Waals surface area (Å²) in [5.74, 6) is 0.442. The molecule has 0 aliphatic carbocycles. The number of hydrogen-bond donors (Lipinski definition) is 2. The average Bonchev–Trinajstić information content (AvgIpc) is 3.08. The Labute approximate surface area is 129 Å². The lowest BCUT2D eigenvalue weighted by atomic mass is 10.2. The molecular weight excluding hydrogens is 306 g/mol. The van der Waals surface area contributed by atoms with E-state index < -0.39 is 10.0 Å². The van der Waals surface area contributed by atoms with Crippen molar-refractivity contribution in [2.24, 2.45) is 7.05 Å². The van der Waals surface area contributed by atoms with Crippen LogP contribution in [0.4, 0.5) is 0 Å². The Hall–Kier alpha value is -2.06. The van der Waals surface area contributed by atoms with Gasteiger partial charge in [-0.25, -0.2) is 13.1 Å². The molecule has 0 aliphatic rings. The Morgan fingerprint density at radius 3 is 2.77 bits per heavy atom. The third-order valence-corrected chi connectivity index (χ3v) is 4.64. The largest absolute Gasteiger partial charge is 0.469 e. The molecule has 22 heavy (non-hydrogen) atoms. The number of nitrogens with zero attached hydrogens (tertiary/aromatic N) is 1. The molecule has 1 unspecified atom stereocenters. The van der Waals surface area contributed by atoms with E-state index in [1.54, 1.807) is 19.4 Å². The van der Waals surface area contributed by atoms with Gasteiger partial charge in [-0.2, -0.15) is 0 Å². The van der Waals surface area contributed by atoms with Gasteiger partial charge >= 0.3 is 0 Å². The van der Waals surface area contributed by atoms with Gasteiger partial charge in [-0.1, -0.05) is 0 Å². The summed E-state index contributed by atoms with van der Waals surface area (Å²) < 4.78 is 32.5. The highest BCUT2D eigenvalue weighted by Crippen LogP contribution is 2.13. The zero-order valence-corrected chi connectivity index (χ0v) is 13.5. The number of furan rings is 1. The van der Waals surface area contributed by atoms with Crippen LogP contribution >= 0.6 is 0 Å². The maximum absolute atomic E-state index is 12.3. The van der Waals surface area contributed by atoms with E-state index in [4.69, 9.17) is 4.42 Å². The molecule has 0 aromatic carbocycles. The Kier molecular flexibility index (Phi) is 4.72. The summed E-state index contributed by atoms with van der Waals surface area (Å²) in [4.78, 5) is 12.3. The summed E-state index contributed by atoms with van der Waals surface area (Å²) in [6, 6.07) is 4.83. The standard InChI is InChI=1S/C14H19N3O4S/c1-10(7-11-5-4-6-21-11)16-14(18)13-8-12(9-17(13)3)22(19,20)15-2/h4-6,8-10,15H,7H2,1-3H3,(H,16,18).